The molecule has 5 nitrogen and oxygen atoms in total. The Kier molecular flexibility index (Phi) is 3.85. The second-order valence-corrected chi connectivity index (χ2v) is 6.81. The molecule has 1 N–H and O–H groups in total. The summed E-state index contributed by atoms with van der Waals surface area (Å²) in [7, 11) is -3.29. The molecule has 108 valence electrons. The summed E-state index contributed by atoms with van der Waals surface area (Å²) in [5, 5.41) is 2.70. The van der Waals surface area contributed by atoms with Crippen molar-refractivity contribution in [2.45, 2.75) is 19.4 Å². The maximum Gasteiger partial charge on any atom is 0.251 e. The van der Waals surface area contributed by atoms with Gasteiger partial charge < -0.3 is 5.32 Å². The molecule has 1 amide bonds. The lowest BCUT2D eigenvalue weighted by Gasteiger charge is -2.21. The monoisotopic (exact) mass is 294 g/mol. The van der Waals surface area contributed by atoms with Gasteiger partial charge >= 0.3 is 0 Å². The minimum Gasteiger partial charge on any atom is -0.349 e. The van der Waals surface area contributed by atoms with Crippen LogP contribution in [0.4, 0.5) is 5.69 Å². The normalized spacial score (nSPS) is 17.7. The molecule has 1 atom stereocenters. The first-order valence-corrected chi connectivity index (χ1v) is 8.21. The molecular formula is C14H18N2O3S. The van der Waals surface area contributed by atoms with E-state index in [4.69, 9.17) is 0 Å². The summed E-state index contributed by atoms with van der Waals surface area (Å²) in [6.45, 7) is 5.81. The zero-order valence-corrected chi connectivity index (χ0v) is 12.4. The van der Waals surface area contributed by atoms with Crippen molar-refractivity contribution in [2.75, 3.05) is 17.1 Å². The van der Waals surface area contributed by atoms with Crippen molar-refractivity contribution < 1.29 is 13.2 Å². The SMILES string of the molecule is C=CCNC(=O)c1ccc2c(c1)C[C@@H](C)N2S(C)(=O)=O. The summed E-state index contributed by atoms with van der Waals surface area (Å²) in [5.41, 5.74) is 2.09. The molecule has 0 aliphatic carbocycles. The highest BCUT2D eigenvalue weighted by Crippen LogP contribution is 2.34. The van der Waals surface area contributed by atoms with Gasteiger partial charge in [0.1, 0.15) is 0 Å². The third-order valence-corrected chi connectivity index (χ3v) is 4.53. The molecule has 0 bridgehead atoms. The molecule has 0 saturated heterocycles. The maximum atomic E-state index is 11.9. The van der Waals surface area contributed by atoms with E-state index in [-0.39, 0.29) is 11.9 Å². The summed E-state index contributed by atoms with van der Waals surface area (Å²) >= 11 is 0. The molecule has 1 aromatic rings. The number of hydrogen-bond donors (Lipinski definition) is 1. The van der Waals surface area contributed by atoms with Gasteiger partial charge in [-0.15, -0.1) is 6.58 Å². The van der Waals surface area contributed by atoms with Crippen LogP contribution in [-0.2, 0) is 16.4 Å². The number of rotatable bonds is 4. The van der Waals surface area contributed by atoms with Crippen molar-refractivity contribution in [3.8, 4) is 0 Å². The molecule has 20 heavy (non-hydrogen) atoms. The number of nitrogens with one attached hydrogen (secondary N) is 1. The number of fused-ring (bicyclic) bond motifs is 1. The number of nitrogens with zero attached hydrogens (tertiary/aromatic N) is 1. The van der Waals surface area contributed by atoms with E-state index in [0.29, 0.717) is 24.2 Å². The molecule has 0 unspecified atom stereocenters. The first kappa shape index (κ1) is 14.6. The number of benzene rings is 1. The zero-order valence-electron chi connectivity index (χ0n) is 11.6. The maximum absolute atomic E-state index is 11.9. The zero-order chi connectivity index (χ0) is 14.9. The van der Waals surface area contributed by atoms with Crippen molar-refractivity contribution in [1.29, 1.82) is 0 Å². The van der Waals surface area contributed by atoms with Gasteiger partial charge in [-0.2, -0.15) is 0 Å². The molecule has 1 aliphatic heterocycles. The van der Waals surface area contributed by atoms with Crippen molar-refractivity contribution in [3.05, 3.63) is 42.0 Å². The van der Waals surface area contributed by atoms with Crippen LogP contribution in [0.1, 0.15) is 22.8 Å². The van der Waals surface area contributed by atoms with Crippen LogP contribution in [0.3, 0.4) is 0 Å². The van der Waals surface area contributed by atoms with Crippen LogP contribution in [0, 0.1) is 0 Å². The predicted molar refractivity (Wildman–Crippen MR) is 79.5 cm³/mol. The molecule has 0 aromatic heterocycles. The molecular weight excluding hydrogens is 276 g/mol. The van der Waals surface area contributed by atoms with Crippen LogP contribution in [0.15, 0.2) is 30.9 Å². The van der Waals surface area contributed by atoms with Gasteiger partial charge in [0.2, 0.25) is 10.0 Å². The van der Waals surface area contributed by atoms with Gasteiger partial charge in [0.15, 0.2) is 0 Å². The number of hydrogen-bond acceptors (Lipinski definition) is 3. The average molecular weight is 294 g/mol. The third kappa shape index (κ3) is 2.70. The van der Waals surface area contributed by atoms with Gasteiger partial charge in [-0.1, -0.05) is 6.08 Å². The van der Waals surface area contributed by atoms with Gasteiger partial charge in [0, 0.05) is 18.2 Å². The second kappa shape index (κ2) is 5.28. The van der Waals surface area contributed by atoms with Crippen LogP contribution in [0.5, 0.6) is 0 Å². The van der Waals surface area contributed by atoms with E-state index >= 15 is 0 Å². The standard InChI is InChI=1S/C14H18N2O3S/c1-4-7-15-14(17)11-5-6-13-12(9-11)8-10(2)16(13)20(3,18)19/h4-6,9-10H,1,7-8H2,2-3H3,(H,15,17)/t10-/m1/s1. The van der Waals surface area contributed by atoms with Gasteiger partial charge in [-0.25, -0.2) is 8.42 Å². The lowest BCUT2D eigenvalue weighted by atomic mass is 10.1. The number of sulfonamides is 1. The summed E-state index contributed by atoms with van der Waals surface area (Å²) in [6, 6.07) is 4.98. The van der Waals surface area contributed by atoms with Crippen LogP contribution in [0.2, 0.25) is 0 Å². The quantitative estimate of drug-likeness (QED) is 0.852. The van der Waals surface area contributed by atoms with Crippen LogP contribution in [0.25, 0.3) is 0 Å². The Morgan fingerprint density at radius 1 is 1.55 bits per heavy atom. The fourth-order valence-electron chi connectivity index (χ4n) is 2.52. The number of carbonyl (C=O) groups is 1. The minimum atomic E-state index is -3.29. The molecule has 0 saturated carbocycles. The van der Waals surface area contributed by atoms with Gasteiger partial charge in [0.05, 0.1) is 11.9 Å². The Balaban J connectivity index is 2.33. The van der Waals surface area contributed by atoms with Crippen LogP contribution < -0.4 is 9.62 Å². The Hall–Kier alpha value is -1.82. The molecule has 0 fully saturated rings. The Morgan fingerprint density at radius 3 is 2.85 bits per heavy atom. The highest BCUT2D eigenvalue weighted by atomic mass is 32.2. The van der Waals surface area contributed by atoms with E-state index in [1.165, 1.54) is 10.6 Å². The molecule has 6 heteroatoms. The smallest absolute Gasteiger partial charge is 0.251 e. The van der Waals surface area contributed by atoms with E-state index in [0.717, 1.165) is 5.56 Å². The summed E-state index contributed by atoms with van der Waals surface area (Å²) < 4.78 is 25.0. The second-order valence-electron chi connectivity index (χ2n) is 4.95. The molecule has 0 spiro atoms. The third-order valence-electron chi connectivity index (χ3n) is 3.26. The highest BCUT2D eigenvalue weighted by Gasteiger charge is 2.32. The average Bonchev–Trinajstić information content (AvgIpc) is 2.70. The first-order chi connectivity index (χ1) is 9.34. The Labute approximate surface area is 119 Å². The van der Waals surface area contributed by atoms with E-state index in [1.54, 1.807) is 24.3 Å². The molecule has 1 aliphatic rings. The van der Waals surface area contributed by atoms with Gasteiger partial charge in [-0.05, 0) is 37.1 Å². The largest absolute Gasteiger partial charge is 0.349 e. The topological polar surface area (TPSA) is 66.5 Å². The van der Waals surface area contributed by atoms with E-state index in [1.807, 2.05) is 6.92 Å². The minimum absolute atomic E-state index is 0.119. The predicted octanol–water partition coefficient (Wildman–Crippen LogP) is 1.31. The van der Waals surface area contributed by atoms with Crippen molar-refractivity contribution in [3.63, 3.8) is 0 Å². The van der Waals surface area contributed by atoms with Crippen LogP contribution in [-0.4, -0.2) is 33.2 Å². The molecule has 2 rings (SSSR count). The fraction of sp³-hybridized carbons (Fsp3) is 0.357. The summed E-state index contributed by atoms with van der Waals surface area (Å²) in [5.74, 6) is -0.182. The molecule has 1 heterocycles. The van der Waals surface area contributed by atoms with Crippen LogP contribution >= 0.6 is 0 Å². The number of anilines is 1. The van der Waals surface area contributed by atoms with E-state index in [2.05, 4.69) is 11.9 Å². The molecule has 1 aromatic carbocycles. The van der Waals surface area contributed by atoms with Gasteiger partial charge in [0.25, 0.3) is 5.91 Å². The van der Waals surface area contributed by atoms with Gasteiger partial charge in [-0.3, -0.25) is 9.10 Å². The van der Waals surface area contributed by atoms with E-state index in [9.17, 15) is 13.2 Å². The number of amides is 1. The van der Waals surface area contributed by atoms with Crippen molar-refractivity contribution in [2.24, 2.45) is 0 Å². The Morgan fingerprint density at radius 2 is 2.25 bits per heavy atom. The molecule has 0 radical (unpaired) electrons. The lowest BCUT2D eigenvalue weighted by molar-refractivity contribution is 0.0958. The van der Waals surface area contributed by atoms with Crippen molar-refractivity contribution in [1.82, 2.24) is 5.32 Å². The number of carbonyl (C=O) groups excluding carboxylic acids is 1. The fourth-order valence-corrected chi connectivity index (χ4v) is 3.78. The first-order valence-electron chi connectivity index (χ1n) is 6.36. The summed E-state index contributed by atoms with van der Waals surface area (Å²) in [4.78, 5) is 11.9. The van der Waals surface area contributed by atoms with E-state index < -0.39 is 10.0 Å². The lowest BCUT2D eigenvalue weighted by Crippen LogP contribution is -2.34. The Bertz CT molecular complexity index is 652. The summed E-state index contributed by atoms with van der Waals surface area (Å²) in [6.07, 6.45) is 3.42. The van der Waals surface area contributed by atoms with Crippen molar-refractivity contribution >= 4 is 21.6 Å². The highest BCUT2D eigenvalue weighted by molar-refractivity contribution is 7.92.